The van der Waals surface area contributed by atoms with Crippen molar-refractivity contribution in [1.82, 2.24) is 15.2 Å². The number of unbranched alkanes of at least 4 members (excludes halogenated alkanes) is 1. The fraction of sp³-hybridized carbons (Fsp3) is 0.500. The zero-order valence-corrected chi connectivity index (χ0v) is 18.3. The Balaban J connectivity index is 1.40. The smallest absolute Gasteiger partial charge is 0.251 e. The van der Waals surface area contributed by atoms with Crippen LogP contribution < -0.4 is 15.4 Å². The van der Waals surface area contributed by atoms with Gasteiger partial charge in [0, 0.05) is 17.5 Å². The van der Waals surface area contributed by atoms with Gasteiger partial charge < -0.3 is 15.4 Å². The van der Waals surface area contributed by atoms with Crippen LogP contribution in [0.4, 0.5) is 5.13 Å². The number of carbonyl (C=O) groups excluding carboxylic acids is 2. The van der Waals surface area contributed by atoms with E-state index in [4.69, 9.17) is 4.74 Å². The second kappa shape index (κ2) is 11.7. The lowest BCUT2D eigenvalue weighted by molar-refractivity contribution is -0.115. The molecule has 1 aliphatic heterocycles. The molecule has 0 unspecified atom stereocenters. The third kappa shape index (κ3) is 7.11. The van der Waals surface area contributed by atoms with E-state index in [0.717, 1.165) is 43.9 Å². The van der Waals surface area contributed by atoms with Crippen LogP contribution in [-0.4, -0.2) is 47.9 Å². The highest BCUT2D eigenvalue weighted by Crippen LogP contribution is 2.19. The Hall–Kier alpha value is -2.45. The van der Waals surface area contributed by atoms with Gasteiger partial charge in [-0.25, -0.2) is 4.98 Å². The van der Waals surface area contributed by atoms with Crippen molar-refractivity contribution in [3.8, 4) is 5.75 Å². The number of piperidine rings is 1. The molecule has 1 aromatic heterocycles. The van der Waals surface area contributed by atoms with Gasteiger partial charge in [-0.15, -0.1) is 11.3 Å². The van der Waals surface area contributed by atoms with Gasteiger partial charge in [-0.05, 0) is 56.6 Å². The van der Waals surface area contributed by atoms with E-state index in [1.165, 1.54) is 30.6 Å². The van der Waals surface area contributed by atoms with E-state index in [-0.39, 0.29) is 18.4 Å². The van der Waals surface area contributed by atoms with Crippen molar-refractivity contribution < 1.29 is 14.3 Å². The highest BCUT2D eigenvalue weighted by atomic mass is 32.1. The lowest BCUT2D eigenvalue weighted by Gasteiger charge is -2.25. The average molecular weight is 431 g/mol. The number of ether oxygens (including phenoxy) is 1. The summed E-state index contributed by atoms with van der Waals surface area (Å²) in [6.07, 6.45) is 5.85. The number of aromatic nitrogens is 1. The van der Waals surface area contributed by atoms with Crippen molar-refractivity contribution in [3.63, 3.8) is 0 Å². The summed E-state index contributed by atoms with van der Waals surface area (Å²) in [5.41, 5.74) is 1.46. The van der Waals surface area contributed by atoms with E-state index in [1.54, 1.807) is 24.3 Å². The highest BCUT2D eigenvalue weighted by Gasteiger charge is 2.14. The number of carbonyl (C=O) groups is 2. The van der Waals surface area contributed by atoms with Crippen LogP contribution in [0.5, 0.6) is 5.75 Å². The van der Waals surface area contributed by atoms with Crippen molar-refractivity contribution >= 4 is 28.3 Å². The number of hydrogen-bond donors (Lipinski definition) is 2. The SMILES string of the molecule is CCCCOc1ccc(C(=O)NCC(=O)Nc2nc(CN3CCCCC3)cs2)cc1. The first-order valence-corrected chi connectivity index (χ1v) is 11.5. The standard InChI is InChI=1S/C22H30N4O3S/c1-2-3-13-29-19-9-7-17(8-10-19)21(28)23-14-20(27)25-22-24-18(16-30-22)15-26-11-5-4-6-12-26/h7-10,16H,2-6,11-15H2,1H3,(H,23,28)(H,24,25,27). The summed E-state index contributed by atoms with van der Waals surface area (Å²) in [4.78, 5) is 31.3. The van der Waals surface area contributed by atoms with Crippen LogP contribution in [0.3, 0.4) is 0 Å². The van der Waals surface area contributed by atoms with Crippen molar-refractivity contribution in [3.05, 3.63) is 40.9 Å². The highest BCUT2D eigenvalue weighted by molar-refractivity contribution is 7.13. The van der Waals surface area contributed by atoms with Gasteiger partial charge in [0.05, 0.1) is 18.8 Å². The Labute approximate surface area is 181 Å². The molecule has 1 saturated heterocycles. The maximum absolute atomic E-state index is 12.2. The first-order valence-electron chi connectivity index (χ1n) is 10.6. The predicted octanol–water partition coefficient (Wildman–Crippen LogP) is 3.68. The van der Waals surface area contributed by atoms with Crippen LogP contribution in [0.1, 0.15) is 55.1 Å². The molecule has 0 aliphatic carbocycles. The molecule has 0 radical (unpaired) electrons. The van der Waals surface area contributed by atoms with Crippen molar-refractivity contribution in [2.24, 2.45) is 0 Å². The van der Waals surface area contributed by atoms with Crippen LogP contribution >= 0.6 is 11.3 Å². The molecular weight excluding hydrogens is 400 g/mol. The monoisotopic (exact) mass is 430 g/mol. The Morgan fingerprint density at radius 2 is 1.93 bits per heavy atom. The minimum Gasteiger partial charge on any atom is -0.494 e. The number of nitrogens with one attached hydrogen (secondary N) is 2. The summed E-state index contributed by atoms with van der Waals surface area (Å²) >= 11 is 1.41. The van der Waals surface area contributed by atoms with Crippen molar-refractivity contribution in [1.29, 1.82) is 0 Å². The minimum absolute atomic E-state index is 0.103. The second-order valence-electron chi connectivity index (χ2n) is 7.44. The van der Waals surface area contributed by atoms with Gasteiger partial charge >= 0.3 is 0 Å². The first-order chi connectivity index (χ1) is 14.6. The lowest BCUT2D eigenvalue weighted by atomic mass is 10.1. The van der Waals surface area contributed by atoms with Gasteiger partial charge in [-0.1, -0.05) is 19.8 Å². The summed E-state index contributed by atoms with van der Waals surface area (Å²) in [5.74, 6) is 0.152. The molecule has 2 aromatic rings. The average Bonchev–Trinajstić information content (AvgIpc) is 3.20. The van der Waals surface area contributed by atoms with Crippen LogP contribution in [0, 0.1) is 0 Å². The molecular formula is C22H30N4O3S. The molecule has 0 bridgehead atoms. The maximum Gasteiger partial charge on any atom is 0.251 e. The quantitative estimate of drug-likeness (QED) is 0.562. The number of thiazole rings is 1. The van der Waals surface area contributed by atoms with E-state index in [2.05, 4.69) is 27.4 Å². The summed E-state index contributed by atoms with van der Waals surface area (Å²) in [7, 11) is 0. The molecule has 1 fully saturated rings. The normalized spacial score (nSPS) is 14.3. The molecule has 1 aliphatic rings. The summed E-state index contributed by atoms with van der Waals surface area (Å²) in [6.45, 7) is 5.71. The first kappa shape index (κ1) is 22.2. The summed E-state index contributed by atoms with van der Waals surface area (Å²) in [6, 6.07) is 6.93. The van der Waals surface area contributed by atoms with E-state index in [0.29, 0.717) is 17.3 Å². The fourth-order valence-electron chi connectivity index (χ4n) is 3.25. The number of rotatable bonds is 10. The number of anilines is 1. The van der Waals surface area contributed by atoms with Crippen molar-refractivity contribution in [2.45, 2.75) is 45.6 Å². The van der Waals surface area contributed by atoms with Crippen LogP contribution in [-0.2, 0) is 11.3 Å². The van der Waals surface area contributed by atoms with Gasteiger partial charge in [0.25, 0.3) is 5.91 Å². The van der Waals surface area contributed by atoms with Crippen LogP contribution in [0.15, 0.2) is 29.6 Å². The minimum atomic E-state index is -0.296. The zero-order valence-electron chi connectivity index (χ0n) is 17.5. The molecule has 2 amide bonds. The fourth-order valence-corrected chi connectivity index (χ4v) is 3.96. The molecule has 2 heterocycles. The van der Waals surface area contributed by atoms with Gasteiger partial charge in [0.1, 0.15) is 5.75 Å². The molecule has 30 heavy (non-hydrogen) atoms. The number of amides is 2. The molecule has 8 heteroatoms. The Bertz CT molecular complexity index is 816. The van der Waals surface area contributed by atoms with Gasteiger partial charge in [-0.2, -0.15) is 0 Å². The largest absolute Gasteiger partial charge is 0.494 e. The number of nitrogens with zero attached hydrogens (tertiary/aromatic N) is 2. The molecule has 7 nitrogen and oxygen atoms in total. The Kier molecular flexibility index (Phi) is 8.65. The third-order valence-electron chi connectivity index (χ3n) is 4.93. The van der Waals surface area contributed by atoms with E-state index < -0.39 is 0 Å². The Morgan fingerprint density at radius 3 is 2.67 bits per heavy atom. The van der Waals surface area contributed by atoms with E-state index in [9.17, 15) is 9.59 Å². The summed E-state index contributed by atoms with van der Waals surface area (Å²) < 4.78 is 5.59. The molecule has 2 N–H and O–H groups in total. The molecule has 1 aromatic carbocycles. The van der Waals surface area contributed by atoms with Crippen LogP contribution in [0.2, 0.25) is 0 Å². The molecule has 0 spiro atoms. The number of likely N-dealkylation sites (tertiary alicyclic amines) is 1. The van der Waals surface area contributed by atoms with E-state index >= 15 is 0 Å². The lowest BCUT2D eigenvalue weighted by Crippen LogP contribution is -2.32. The van der Waals surface area contributed by atoms with Crippen LogP contribution in [0.25, 0.3) is 0 Å². The molecule has 3 rings (SSSR count). The van der Waals surface area contributed by atoms with E-state index in [1.807, 2.05) is 5.38 Å². The third-order valence-corrected chi connectivity index (χ3v) is 5.73. The molecule has 162 valence electrons. The van der Waals surface area contributed by atoms with Gasteiger partial charge in [0.2, 0.25) is 5.91 Å². The van der Waals surface area contributed by atoms with Crippen molar-refractivity contribution in [2.75, 3.05) is 31.6 Å². The summed E-state index contributed by atoms with van der Waals surface area (Å²) in [5, 5.41) is 7.94. The zero-order chi connectivity index (χ0) is 21.2. The Morgan fingerprint density at radius 1 is 1.17 bits per heavy atom. The second-order valence-corrected chi connectivity index (χ2v) is 8.30. The topological polar surface area (TPSA) is 83.6 Å². The molecule has 0 saturated carbocycles. The van der Waals surface area contributed by atoms with Gasteiger partial charge in [0.15, 0.2) is 5.13 Å². The maximum atomic E-state index is 12.2. The molecule has 0 atom stereocenters. The number of hydrogen-bond acceptors (Lipinski definition) is 6. The predicted molar refractivity (Wildman–Crippen MR) is 119 cm³/mol. The number of benzene rings is 1. The van der Waals surface area contributed by atoms with Gasteiger partial charge in [-0.3, -0.25) is 14.5 Å².